The Balaban J connectivity index is 3.18. The van der Waals surface area contributed by atoms with Crippen molar-refractivity contribution >= 4 is 0 Å². The average Bonchev–Trinajstić information content (AvgIpc) is 1.82. The summed E-state index contributed by atoms with van der Waals surface area (Å²) in [5, 5.41) is 8.24. The Morgan fingerprint density at radius 3 is 2.30 bits per heavy atom. The molecule has 1 rings (SSSR count). The molecule has 10 heavy (non-hydrogen) atoms. The van der Waals surface area contributed by atoms with Crippen LogP contribution < -0.4 is 0 Å². The van der Waals surface area contributed by atoms with E-state index < -0.39 is 11.7 Å². The van der Waals surface area contributed by atoms with Gasteiger partial charge >= 0.3 is 6.11 Å². The lowest BCUT2D eigenvalue weighted by Gasteiger charge is -2.06. The van der Waals surface area contributed by atoms with Gasteiger partial charge in [0.2, 0.25) is 0 Å². The first-order valence-corrected chi connectivity index (χ1v) is 2.58. The molecule has 0 aliphatic heterocycles. The van der Waals surface area contributed by atoms with Crippen LogP contribution in [0.3, 0.4) is 0 Å². The van der Waals surface area contributed by atoms with E-state index in [0.29, 0.717) is 0 Å². The molecule has 1 aromatic rings. The molecule has 0 fully saturated rings. The highest BCUT2D eigenvalue weighted by molar-refractivity contribution is 5.17. The molecule has 54 valence electrons. The third-order valence-corrected chi connectivity index (χ3v) is 0.992. The number of rotatable bonds is 1. The molecule has 0 saturated carbocycles. The van der Waals surface area contributed by atoms with E-state index in [9.17, 15) is 8.78 Å². The van der Waals surface area contributed by atoms with E-state index in [1.807, 2.05) is 0 Å². The van der Waals surface area contributed by atoms with Crippen molar-refractivity contribution < 1.29 is 16.6 Å². The maximum atomic E-state index is 12.2. The van der Waals surface area contributed by atoms with E-state index in [2.05, 4.69) is 0 Å². The predicted octanol–water partition coefficient (Wildman–Crippen LogP) is 1.73. The first-order chi connectivity index (χ1) is 5.39. The van der Waals surface area contributed by atoms with Crippen LogP contribution in [0.2, 0.25) is 0 Å². The largest absolute Gasteiger partial charge is 0.380 e. The second-order valence-corrected chi connectivity index (χ2v) is 1.76. The van der Waals surface area contributed by atoms with Crippen molar-refractivity contribution in [1.82, 2.24) is 0 Å². The zero-order valence-corrected chi connectivity index (χ0v) is 4.94. The van der Waals surface area contributed by atoms with Crippen molar-refractivity contribution in [1.29, 1.82) is 0 Å². The van der Waals surface area contributed by atoms with Crippen molar-refractivity contribution in [3.05, 3.63) is 35.8 Å². The van der Waals surface area contributed by atoms with Crippen LogP contribution in [0.4, 0.5) is 8.78 Å². The fraction of sp³-hybridized carbons (Fsp3) is 0.143. The van der Waals surface area contributed by atoms with E-state index in [1.165, 1.54) is 0 Å². The van der Waals surface area contributed by atoms with Gasteiger partial charge in [-0.1, -0.05) is 30.3 Å². The normalized spacial score (nSPS) is 14.3. The van der Waals surface area contributed by atoms with Gasteiger partial charge in [-0.15, -0.1) is 0 Å². The molecule has 0 spiro atoms. The van der Waals surface area contributed by atoms with Crippen LogP contribution in [0.15, 0.2) is 30.3 Å². The van der Waals surface area contributed by atoms with Gasteiger partial charge in [-0.25, -0.2) is 0 Å². The molecule has 0 aliphatic carbocycles. The molecule has 3 heteroatoms. The number of aliphatic hydroxyl groups is 1. The molecule has 0 saturated heterocycles. The first kappa shape index (κ1) is 4.79. The molecule has 1 aromatic carbocycles. The second-order valence-electron chi connectivity index (χ2n) is 1.76. The number of hydrogen-bond donors (Lipinski definition) is 1. The summed E-state index contributed by atoms with van der Waals surface area (Å²) in [5.41, 5.74) is -0.722. The highest BCUT2D eigenvalue weighted by atomic mass is 19.3. The summed E-state index contributed by atoms with van der Waals surface area (Å²) in [5.74, 6) is 0. The number of halogens is 2. The van der Waals surface area contributed by atoms with Crippen molar-refractivity contribution in [2.75, 3.05) is 0 Å². The summed E-state index contributed by atoms with van der Waals surface area (Å²) in [6, 6.07) is 2.31. The van der Waals surface area contributed by atoms with E-state index in [-0.39, 0.29) is 12.1 Å². The van der Waals surface area contributed by atoms with Crippen molar-refractivity contribution in [2.24, 2.45) is 0 Å². The molecular weight excluding hydrogens is 138 g/mol. The zero-order chi connectivity index (χ0) is 9.35. The van der Waals surface area contributed by atoms with Gasteiger partial charge in [0.1, 0.15) is 0 Å². The zero-order valence-electron chi connectivity index (χ0n) is 6.94. The Labute approximate surface area is 59.7 Å². The van der Waals surface area contributed by atoms with Crippen molar-refractivity contribution in [2.45, 2.75) is 6.11 Å². The summed E-state index contributed by atoms with van der Waals surface area (Å²) in [6.45, 7) is 0. The molecule has 0 amide bonds. The number of benzene rings is 1. The first-order valence-electron chi connectivity index (χ1n) is 3.58. The van der Waals surface area contributed by atoms with Gasteiger partial charge < -0.3 is 5.11 Å². The van der Waals surface area contributed by atoms with Crippen LogP contribution in [0, 0.1) is 0 Å². The topological polar surface area (TPSA) is 20.2 Å². The summed E-state index contributed by atoms with van der Waals surface area (Å²) < 4.78 is 38.4. The van der Waals surface area contributed by atoms with Crippen LogP contribution in [-0.2, 0) is 6.11 Å². The maximum absolute atomic E-state index is 12.2. The van der Waals surface area contributed by atoms with Crippen molar-refractivity contribution in [3.63, 3.8) is 0 Å². The van der Waals surface area contributed by atoms with Crippen LogP contribution >= 0.6 is 0 Å². The van der Waals surface area contributed by atoms with Gasteiger partial charge in [0.25, 0.3) is 0 Å². The van der Waals surface area contributed by atoms with Crippen molar-refractivity contribution in [3.8, 4) is 0 Å². The summed E-state index contributed by atoms with van der Waals surface area (Å²) in [6.07, 6.45) is -3.97. The smallest absolute Gasteiger partial charge is 0.332 e. The third kappa shape index (κ3) is 1.51. The SMILES string of the molecule is [2H]c1cc([2H])cc(C(O)(F)F)c1. The van der Waals surface area contributed by atoms with Crippen LogP contribution in [0.1, 0.15) is 8.30 Å². The Morgan fingerprint density at radius 2 is 1.90 bits per heavy atom. The molecule has 0 bridgehead atoms. The van der Waals surface area contributed by atoms with Gasteiger partial charge in [-0.05, 0) is 0 Å². The van der Waals surface area contributed by atoms with Gasteiger partial charge in [-0.3, -0.25) is 0 Å². The predicted molar refractivity (Wildman–Crippen MR) is 32.6 cm³/mol. The molecule has 0 heterocycles. The standard InChI is InChI=1S/C7H6F2O/c8-7(9,10)6-4-2-1-3-5-6/h1-5,10H/i2D,3D. The Morgan fingerprint density at radius 1 is 1.40 bits per heavy atom. The van der Waals surface area contributed by atoms with Gasteiger partial charge in [0, 0.05) is 0 Å². The Bertz CT molecular complexity index is 276. The van der Waals surface area contributed by atoms with Crippen LogP contribution in [-0.4, -0.2) is 5.11 Å². The minimum Gasteiger partial charge on any atom is -0.332 e. The Kier molecular flexibility index (Phi) is 1.12. The highest BCUT2D eigenvalue weighted by Crippen LogP contribution is 2.22. The van der Waals surface area contributed by atoms with E-state index in [1.54, 1.807) is 0 Å². The Hall–Kier alpha value is -0.960. The monoisotopic (exact) mass is 146 g/mol. The van der Waals surface area contributed by atoms with E-state index in [4.69, 9.17) is 7.85 Å². The average molecular weight is 146 g/mol. The van der Waals surface area contributed by atoms with E-state index >= 15 is 0 Å². The summed E-state index contributed by atoms with van der Waals surface area (Å²) >= 11 is 0. The van der Waals surface area contributed by atoms with Gasteiger partial charge in [0.15, 0.2) is 0 Å². The fourth-order valence-electron chi connectivity index (χ4n) is 0.526. The molecule has 0 atom stereocenters. The minimum atomic E-state index is -3.97. The fourth-order valence-corrected chi connectivity index (χ4v) is 0.526. The molecular formula is C7H6F2O. The lowest BCUT2D eigenvalue weighted by Crippen LogP contribution is -2.10. The highest BCUT2D eigenvalue weighted by Gasteiger charge is 2.26. The molecule has 0 aliphatic rings. The number of alkyl halides is 2. The molecule has 0 unspecified atom stereocenters. The summed E-state index contributed by atoms with van der Waals surface area (Å²) in [4.78, 5) is 0. The van der Waals surface area contributed by atoms with Gasteiger partial charge in [-0.2, -0.15) is 8.78 Å². The maximum Gasteiger partial charge on any atom is 0.380 e. The lowest BCUT2D eigenvalue weighted by molar-refractivity contribution is -0.208. The summed E-state index contributed by atoms with van der Waals surface area (Å²) in [7, 11) is 0. The lowest BCUT2D eigenvalue weighted by atomic mass is 10.2. The third-order valence-electron chi connectivity index (χ3n) is 0.992. The molecule has 0 radical (unpaired) electrons. The molecule has 1 nitrogen and oxygen atoms in total. The van der Waals surface area contributed by atoms with Gasteiger partial charge in [0.05, 0.1) is 8.30 Å². The van der Waals surface area contributed by atoms with E-state index in [0.717, 1.165) is 18.2 Å². The number of hydrogen-bond acceptors (Lipinski definition) is 1. The molecule has 1 N–H and O–H groups in total. The van der Waals surface area contributed by atoms with Crippen LogP contribution in [0.5, 0.6) is 0 Å². The minimum absolute atomic E-state index is 0.216. The quantitative estimate of drug-likeness (QED) is 0.639. The molecule has 0 aromatic heterocycles. The second kappa shape index (κ2) is 2.34. The van der Waals surface area contributed by atoms with Crippen LogP contribution in [0.25, 0.3) is 0 Å².